The topological polar surface area (TPSA) is 70.0 Å². The number of hydrogen-bond donors (Lipinski definition) is 1. The highest BCUT2D eigenvalue weighted by molar-refractivity contribution is 6.34. The van der Waals surface area contributed by atoms with Crippen molar-refractivity contribution in [3.05, 3.63) is 82.4 Å². The average Bonchev–Trinajstić information content (AvgIpc) is 2.91. The SMILES string of the molecule is CC1=NN(c2ccc(Cl)c(C(=O)O)c2)C(=O)/C1=C\C=C\c1ccccc1. The Bertz CT molecular complexity index is 962. The number of carbonyl (C=O) groups excluding carboxylic acids is 1. The molecule has 5 nitrogen and oxygen atoms in total. The molecule has 0 radical (unpaired) electrons. The first-order chi connectivity index (χ1) is 12.5. The fourth-order valence-corrected chi connectivity index (χ4v) is 2.71. The first kappa shape index (κ1) is 17.6. The van der Waals surface area contributed by atoms with Crippen LogP contribution in [-0.2, 0) is 4.79 Å². The quantitative estimate of drug-likeness (QED) is 0.815. The van der Waals surface area contributed by atoms with E-state index in [1.54, 1.807) is 25.1 Å². The number of anilines is 1. The van der Waals surface area contributed by atoms with Gasteiger partial charge in [-0.1, -0.05) is 54.1 Å². The molecule has 0 saturated heterocycles. The highest BCUT2D eigenvalue weighted by atomic mass is 35.5. The standard InChI is InChI=1S/C20H15ClN2O3/c1-13-16(9-5-8-14-6-3-2-4-7-14)19(24)23(22-13)15-10-11-18(21)17(12-15)20(25)26/h2-12H,1H3,(H,25,26)/b8-5+,16-9-. The van der Waals surface area contributed by atoms with E-state index in [9.17, 15) is 14.7 Å². The summed E-state index contributed by atoms with van der Waals surface area (Å²) in [5.41, 5.74) is 2.30. The first-order valence-electron chi connectivity index (χ1n) is 7.83. The van der Waals surface area contributed by atoms with Crippen LogP contribution < -0.4 is 5.01 Å². The van der Waals surface area contributed by atoms with Crippen LogP contribution in [0.4, 0.5) is 5.69 Å². The van der Waals surface area contributed by atoms with E-state index >= 15 is 0 Å². The van der Waals surface area contributed by atoms with E-state index in [-0.39, 0.29) is 16.5 Å². The molecule has 2 aromatic rings. The minimum Gasteiger partial charge on any atom is -0.478 e. The Morgan fingerprint density at radius 2 is 1.92 bits per heavy atom. The van der Waals surface area contributed by atoms with E-state index < -0.39 is 5.97 Å². The molecule has 1 heterocycles. The van der Waals surface area contributed by atoms with Gasteiger partial charge in [0, 0.05) is 0 Å². The number of hydrogen-bond acceptors (Lipinski definition) is 3. The molecule has 0 atom stereocenters. The summed E-state index contributed by atoms with van der Waals surface area (Å²) >= 11 is 5.88. The Hall–Kier alpha value is -3.18. The summed E-state index contributed by atoms with van der Waals surface area (Å²) < 4.78 is 0. The molecule has 0 spiro atoms. The second-order valence-electron chi connectivity index (χ2n) is 5.62. The largest absolute Gasteiger partial charge is 0.478 e. The van der Waals surface area contributed by atoms with Crippen molar-refractivity contribution in [3.63, 3.8) is 0 Å². The predicted molar refractivity (Wildman–Crippen MR) is 103 cm³/mol. The van der Waals surface area contributed by atoms with Gasteiger partial charge in [-0.25, -0.2) is 4.79 Å². The maximum atomic E-state index is 12.7. The molecule has 26 heavy (non-hydrogen) atoms. The van der Waals surface area contributed by atoms with Gasteiger partial charge in [0.05, 0.1) is 27.6 Å². The Balaban J connectivity index is 1.86. The number of carboxylic acid groups (broad SMARTS) is 1. The fraction of sp³-hybridized carbons (Fsp3) is 0.0500. The van der Waals surface area contributed by atoms with Gasteiger partial charge in [-0.3, -0.25) is 4.79 Å². The molecule has 1 aliphatic heterocycles. The molecule has 1 N–H and O–H groups in total. The third-order valence-electron chi connectivity index (χ3n) is 3.84. The van der Waals surface area contributed by atoms with Crippen LogP contribution in [0.15, 0.2) is 71.4 Å². The molecule has 0 fully saturated rings. The lowest BCUT2D eigenvalue weighted by molar-refractivity contribution is -0.114. The number of nitrogens with zero attached hydrogens (tertiary/aromatic N) is 2. The fourth-order valence-electron chi connectivity index (χ4n) is 2.51. The Labute approximate surface area is 155 Å². The molecule has 1 aliphatic rings. The van der Waals surface area contributed by atoms with E-state index in [0.717, 1.165) is 5.56 Å². The van der Waals surface area contributed by atoms with E-state index in [4.69, 9.17) is 11.6 Å². The van der Waals surface area contributed by atoms with E-state index in [2.05, 4.69) is 5.10 Å². The number of allylic oxidation sites excluding steroid dienone is 2. The molecule has 0 saturated carbocycles. The number of amides is 1. The molecular formula is C20H15ClN2O3. The maximum Gasteiger partial charge on any atom is 0.337 e. The van der Waals surface area contributed by atoms with Gasteiger partial charge in [0.25, 0.3) is 5.91 Å². The van der Waals surface area contributed by atoms with Gasteiger partial charge in [0.2, 0.25) is 0 Å². The van der Waals surface area contributed by atoms with Gasteiger partial charge >= 0.3 is 5.97 Å². The normalized spacial score (nSPS) is 15.8. The van der Waals surface area contributed by atoms with E-state index in [0.29, 0.717) is 17.0 Å². The van der Waals surface area contributed by atoms with Crippen molar-refractivity contribution in [2.45, 2.75) is 6.92 Å². The predicted octanol–water partition coefficient (Wildman–Crippen LogP) is 4.40. The van der Waals surface area contributed by atoms with Gasteiger partial charge in [-0.05, 0) is 36.8 Å². The minimum atomic E-state index is -1.16. The first-order valence-corrected chi connectivity index (χ1v) is 8.21. The van der Waals surface area contributed by atoms with Gasteiger partial charge < -0.3 is 5.11 Å². The third-order valence-corrected chi connectivity index (χ3v) is 4.17. The highest BCUT2D eigenvalue weighted by Crippen LogP contribution is 2.28. The van der Waals surface area contributed by atoms with Crippen LogP contribution in [0.5, 0.6) is 0 Å². The summed E-state index contributed by atoms with van der Waals surface area (Å²) in [4.78, 5) is 23.9. The summed E-state index contributed by atoms with van der Waals surface area (Å²) in [5.74, 6) is -1.48. The molecule has 0 bridgehead atoms. The Morgan fingerprint density at radius 1 is 1.19 bits per heavy atom. The number of hydrazone groups is 1. The van der Waals surface area contributed by atoms with Crippen LogP contribution in [-0.4, -0.2) is 22.7 Å². The highest BCUT2D eigenvalue weighted by Gasteiger charge is 2.29. The third kappa shape index (κ3) is 3.58. The van der Waals surface area contributed by atoms with Crippen LogP contribution in [0.1, 0.15) is 22.8 Å². The molecule has 0 aromatic heterocycles. The lowest BCUT2D eigenvalue weighted by Crippen LogP contribution is -2.21. The number of carbonyl (C=O) groups is 2. The number of rotatable bonds is 4. The van der Waals surface area contributed by atoms with Crippen molar-refractivity contribution in [3.8, 4) is 0 Å². The smallest absolute Gasteiger partial charge is 0.337 e. The summed E-state index contributed by atoms with van der Waals surface area (Å²) in [6.45, 7) is 1.73. The molecule has 6 heteroatoms. The second kappa shape index (κ2) is 7.37. The molecule has 130 valence electrons. The van der Waals surface area contributed by atoms with Gasteiger partial charge in [-0.2, -0.15) is 10.1 Å². The molecule has 0 unspecified atom stereocenters. The van der Waals surface area contributed by atoms with Crippen molar-refractivity contribution in [1.29, 1.82) is 0 Å². The number of benzene rings is 2. The minimum absolute atomic E-state index is 0.0776. The monoisotopic (exact) mass is 366 g/mol. The van der Waals surface area contributed by atoms with Crippen LogP contribution in [0.2, 0.25) is 5.02 Å². The molecule has 2 aromatic carbocycles. The van der Waals surface area contributed by atoms with E-state index in [1.807, 2.05) is 36.4 Å². The Kier molecular flexibility index (Phi) is 5.00. The Morgan fingerprint density at radius 3 is 2.62 bits per heavy atom. The lowest BCUT2D eigenvalue weighted by Gasteiger charge is -2.12. The van der Waals surface area contributed by atoms with Crippen molar-refractivity contribution < 1.29 is 14.7 Å². The number of halogens is 1. The second-order valence-corrected chi connectivity index (χ2v) is 6.03. The zero-order chi connectivity index (χ0) is 18.7. The van der Waals surface area contributed by atoms with Crippen LogP contribution in [0.3, 0.4) is 0 Å². The average molecular weight is 367 g/mol. The van der Waals surface area contributed by atoms with Crippen LogP contribution in [0, 0.1) is 0 Å². The summed E-state index contributed by atoms with van der Waals surface area (Å²) in [7, 11) is 0. The van der Waals surface area contributed by atoms with Gasteiger partial charge in [-0.15, -0.1) is 0 Å². The zero-order valence-electron chi connectivity index (χ0n) is 13.9. The van der Waals surface area contributed by atoms with Crippen molar-refractivity contribution >= 4 is 41.0 Å². The van der Waals surface area contributed by atoms with E-state index in [1.165, 1.54) is 17.1 Å². The molecule has 3 rings (SSSR count). The van der Waals surface area contributed by atoms with Crippen LogP contribution in [0.25, 0.3) is 6.08 Å². The maximum absolute atomic E-state index is 12.7. The summed E-state index contributed by atoms with van der Waals surface area (Å²) in [6.07, 6.45) is 5.37. The number of aromatic carboxylic acids is 1. The lowest BCUT2D eigenvalue weighted by atomic mass is 10.1. The summed E-state index contributed by atoms with van der Waals surface area (Å²) in [5, 5.41) is 14.7. The van der Waals surface area contributed by atoms with Gasteiger partial charge in [0.15, 0.2) is 0 Å². The van der Waals surface area contributed by atoms with Crippen molar-refractivity contribution in [2.24, 2.45) is 5.10 Å². The molecular weight excluding hydrogens is 352 g/mol. The molecule has 0 aliphatic carbocycles. The summed E-state index contributed by atoms with van der Waals surface area (Å²) in [6, 6.07) is 14.1. The number of carboxylic acids is 1. The van der Waals surface area contributed by atoms with Crippen molar-refractivity contribution in [1.82, 2.24) is 0 Å². The van der Waals surface area contributed by atoms with Gasteiger partial charge in [0.1, 0.15) is 0 Å². The van der Waals surface area contributed by atoms with Crippen LogP contribution >= 0.6 is 11.6 Å². The molecule has 1 amide bonds. The zero-order valence-corrected chi connectivity index (χ0v) is 14.6. The van der Waals surface area contributed by atoms with Crippen molar-refractivity contribution in [2.75, 3.05) is 5.01 Å².